The van der Waals surface area contributed by atoms with Gasteiger partial charge in [0.15, 0.2) is 0 Å². The highest BCUT2D eigenvalue weighted by molar-refractivity contribution is 7.89. The third-order valence-electron chi connectivity index (χ3n) is 4.32. The van der Waals surface area contributed by atoms with Gasteiger partial charge in [0.25, 0.3) is 0 Å². The van der Waals surface area contributed by atoms with Crippen molar-refractivity contribution in [2.45, 2.75) is 44.7 Å². The SMILES string of the molecule is CCOc1cc2c(cc1CNS(=O)(=O)c1ccc(NC(C)=O)cc1)O[C@H](C)C2. The van der Waals surface area contributed by atoms with Crippen LogP contribution in [0.1, 0.15) is 31.9 Å². The highest BCUT2D eigenvalue weighted by atomic mass is 32.2. The van der Waals surface area contributed by atoms with Crippen LogP contribution in [0.15, 0.2) is 41.3 Å². The van der Waals surface area contributed by atoms with E-state index in [1.807, 2.05) is 26.0 Å². The molecule has 150 valence electrons. The number of benzene rings is 2. The fourth-order valence-corrected chi connectivity index (χ4v) is 4.09. The molecule has 0 radical (unpaired) electrons. The van der Waals surface area contributed by atoms with Crippen LogP contribution in [0.4, 0.5) is 5.69 Å². The minimum absolute atomic E-state index is 0.0795. The van der Waals surface area contributed by atoms with Crippen molar-refractivity contribution in [2.24, 2.45) is 0 Å². The molecular formula is C20H24N2O5S. The van der Waals surface area contributed by atoms with Gasteiger partial charge < -0.3 is 14.8 Å². The van der Waals surface area contributed by atoms with Crippen molar-refractivity contribution in [3.8, 4) is 11.5 Å². The molecule has 7 nitrogen and oxygen atoms in total. The summed E-state index contributed by atoms with van der Waals surface area (Å²) in [4.78, 5) is 11.2. The van der Waals surface area contributed by atoms with Crippen molar-refractivity contribution in [3.63, 3.8) is 0 Å². The number of carbonyl (C=O) groups is 1. The second-order valence-corrected chi connectivity index (χ2v) is 8.43. The number of sulfonamides is 1. The monoisotopic (exact) mass is 404 g/mol. The average molecular weight is 404 g/mol. The van der Waals surface area contributed by atoms with Crippen LogP contribution < -0.4 is 19.5 Å². The van der Waals surface area contributed by atoms with Gasteiger partial charge in [0.2, 0.25) is 15.9 Å². The Hall–Kier alpha value is -2.58. The molecule has 3 rings (SSSR count). The van der Waals surface area contributed by atoms with Crippen LogP contribution in [0.25, 0.3) is 0 Å². The summed E-state index contributed by atoms with van der Waals surface area (Å²) < 4.78 is 39.3. The van der Waals surface area contributed by atoms with Crippen molar-refractivity contribution < 1.29 is 22.7 Å². The molecule has 0 fully saturated rings. The van der Waals surface area contributed by atoms with Gasteiger partial charge >= 0.3 is 0 Å². The smallest absolute Gasteiger partial charge is 0.240 e. The molecule has 8 heteroatoms. The van der Waals surface area contributed by atoms with E-state index in [2.05, 4.69) is 10.0 Å². The second-order valence-electron chi connectivity index (χ2n) is 6.66. The van der Waals surface area contributed by atoms with E-state index in [0.29, 0.717) is 23.6 Å². The zero-order valence-electron chi connectivity index (χ0n) is 16.1. The summed E-state index contributed by atoms with van der Waals surface area (Å²) in [5, 5.41) is 2.61. The number of rotatable bonds is 7. The van der Waals surface area contributed by atoms with Crippen LogP contribution in [0, 0.1) is 0 Å². The average Bonchev–Trinajstić information content (AvgIpc) is 2.99. The standard InChI is InChI=1S/C20H24N2O5S/c1-4-26-19-10-15-9-13(2)27-20(15)11-16(19)12-21-28(24,25)18-7-5-17(6-8-18)22-14(3)23/h5-8,10-11,13,21H,4,9,12H2,1-3H3,(H,22,23)/t13-/m1/s1. The number of hydrogen-bond acceptors (Lipinski definition) is 5. The zero-order valence-corrected chi connectivity index (χ0v) is 16.9. The Balaban J connectivity index is 1.77. The van der Waals surface area contributed by atoms with E-state index in [-0.39, 0.29) is 23.5 Å². The summed E-state index contributed by atoms with van der Waals surface area (Å²) in [6.45, 7) is 5.84. The van der Waals surface area contributed by atoms with Gasteiger partial charge in [-0.05, 0) is 50.2 Å². The quantitative estimate of drug-likeness (QED) is 0.740. The van der Waals surface area contributed by atoms with E-state index in [4.69, 9.17) is 9.47 Å². The molecule has 1 amide bonds. The Kier molecular flexibility index (Phi) is 5.90. The first kappa shape index (κ1) is 20.2. The first-order valence-electron chi connectivity index (χ1n) is 9.11. The second kappa shape index (κ2) is 8.20. The predicted molar refractivity (Wildman–Crippen MR) is 106 cm³/mol. The van der Waals surface area contributed by atoms with Gasteiger partial charge in [-0.2, -0.15) is 0 Å². The highest BCUT2D eigenvalue weighted by Crippen LogP contribution is 2.35. The van der Waals surface area contributed by atoms with Gasteiger partial charge in [-0.25, -0.2) is 13.1 Å². The Morgan fingerprint density at radius 3 is 2.61 bits per heavy atom. The number of carbonyl (C=O) groups excluding carboxylic acids is 1. The fraction of sp³-hybridized carbons (Fsp3) is 0.350. The number of anilines is 1. The molecule has 28 heavy (non-hydrogen) atoms. The Bertz CT molecular complexity index is 971. The minimum Gasteiger partial charge on any atom is -0.494 e. The molecule has 0 spiro atoms. The van der Waals surface area contributed by atoms with Crippen molar-refractivity contribution in [1.29, 1.82) is 0 Å². The third kappa shape index (κ3) is 4.63. The minimum atomic E-state index is -3.72. The maximum Gasteiger partial charge on any atom is 0.240 e. The zero-order chi connectivity index (χ0) is 20.3. The van der Waals surface area contributed by atoms with Crippen molar-refractivity contribution in [1.82, 2.24) is 4.72 Å². The molecule has 0 aliphatic carbocycles. The molecule has 0 saturated carbocycles. The largest absolute Gasteiger partial charge is 0.494 e. The summed E-state index contributed by atoms with van der Waals surface area (Å²) in [7, 11) is -3.72. The molecule has 1 heterocycles. The highest BCUT2D eigenvalue weighted by Gasteiger charge is 2.23. The molecule has 0 saturated heterocycles. The van der Waals surface area contributed by atoms with Crippen LogP contribution >= 0.6 is 0 Å². The van der Waals surface area contributed by atoms with Crippen LogP contribution in [-0.2, 0) is 27.8 Å². The fourth-order valence-electron chi connectivity index (χ4n) is 3.09. The summed E-state index contributed by atoms with van der Waals surface area (Å²) >= 11 is 0. The van der Waals surface area contributed by atoms with Crippen LogP contribution in [0.5, 0.6) is 11.5 Å². The molecule has 0 aromatic heterocycles. The summed E-state index contributed by atoms with van der Waals surface area (Å²) in [6, 6.07) is 9.76. The van der Waals surface area contributed by atoms with E-state index in [1.54, 1.807) is 12.1 Å². The van der Waals surface area contributed by atoms with E-state index in [0.717, 1.165) is 17.7 Å². The van der Waals surface area contributed by atoms with E-state index in [1.165, 1.54) is 19.1 Å². The Labute approximate surface area is 165 Å². The molecule has 2 N–H and O–H groups in total. The maximum absolute atomic E-state index is 12.6. The normalized spacial score (nSPS) is 15.6. The number of nitrogens with one attached hydrogen (secondary N) is 2. The van der Waals surface area contributed by atoms with Crippen molar-refractivity contribution >= 4 is 21.6 Å². The van der Waals surface area contributed by atoms with Crippen molar-refractivity contribution in [3.05, 3.63) is 47.5 Å². The van der Waals surface area contributed by atoms with Gasteiger partial charge in [-0.3, -0.25) is 4.79 Å². The van der Waals surface area contributed by atoms with Gasteiger partial charge in [0.05, 0.1) is 11.5 Å². The number of hydrogen-bond donors (Lipinski definition) is 2. The van der Waals surface area contributed by atoms with E-state index in [9.17, 15) is 13.2 Å². The third-order valence-corrected chi connectivity index (χ3v) is 5.73. The molecule has 0 bridgehead atoms. The van der Waals surface area contributed by atoms with Crippen LogP contribution in [-0.4, -0.2) is 27.0 Å². The van der Waals surface area contributed by atoms with Crippen LogP contribution in [0.2, 0.25) is 0 Å². The Morgan fingerprint density at radius 1 is 1.25 bits per heavy atom. The first-order chi connectivity index (χ1) is 13.3. The molecule has 1 aliphatic heterocycles. The summed E-state index contributed by atoms with van der Waals surface area (Å²) in [5.74, 6) is 1.21. The number of fused-ring (bicyclic) bond motifs is 1. The molecule has 2 aromatic carbocycles. The van der Waals surface area contributed by atoms with E-state index < -0.39 is 10.0 Å². The lowest BCUT2D eigenvalue weighted by atomic mass is 10.1. The van der Waals surface area contributed by atoms with Gasteiger partial charge in [-0.15, -0.1) is 0 Å². The lowest BCUT2D eigenvalue weighted by molar-refractivity contribution is -0.114. The predicted octanol–water partition coefficient (Wildman–Crippen LogP) is 2.85. The maximum atomic E-state index is 12.6. The molecular weight excluding hydrogens is 380 g/mol. The van der Waals surface area contributed by atoms with E-state index >= 15 is 0 Å². The van der Waals surface area contributed by atoms with Crippen molar-refractivity contribution in [2.75, 3.05) is 11.9 Å². The number of ether oxygens (including phenoxy) is 2. The summed E-state index contributed by atoms with van der Waals surface area (Å²) in [6.07, 6.45) is 0.903. The van der Waals surface area contributed by atoms with Gasteiger partial charge in [0.1, 0.15) is 17.6 Å². The molecule has 0 unspecified atom stereocenters. The molecule has 2 aromatic rings. The van der Waals surface area contributed by atoms with Gasteiger partial charge in [0, 0.05) is 36.7 Å². The van der Waals surface area contributed by atoms with Crippen LogP contribution in [0.3, 0.4) is 0 Å². The lowest BCUT2D eigenvalue weighted by Crippen LogP contribution is -2.23. The topological polar surface area (TPSA) is 93.7 Å². The Morgan fingerprint density at radius 2 is 1.96 bits per heavy atom. The van der Waals surface area contributed by atoms with Gasteiger partial charge in [-0.1, -0.05) is 0 Å². The first-order valence-corrected chi connectivity index (χ1v) is 10.6. The lowest BCUT2D eigenvalue weighted by Gasteiger charge is -2.14. The molecule has 1 atom stereocenters. The number of amides is 1. The molecule has 1 aliphatic rings. The summed E-state index contributed by atoms with van der Waals surface area (Å²) in [5.41, 5.74) is 2.32.